The summed E-state index contributed by atoms with van der Waals surface area (Å²) in [6.07, 6.45) is 1.91. The molecule has 0 radical (unpaired) electrons. The highest BCUT2D eigenvalue weighted by Gasteiger charge is 2.22. The van der Waals surface area contributed by atoms with Crippen molar-refractivity contribution >= 4 is 54.6 Å². The Hall–Kier alpha value is -3.24. The quantitative estimate of drug-likeness (QED) is 0.124. The summed E-state index contributed by atoms with van der Waals surface area (Å²) < 4.78 is 23.1. The third kappa shape index (κ3) is 5.76. The number of halogens is 1. The first-order chi connectivity index (χ1) is 17.4. The number of anilines is 1. The Labute approximate surface area is 217 Å². The Kier molecular flexibility index (Phi) is 8.37. The second kappa shape index (κ2) is 11.7. The number of amidine groups is 1. The molecule has 12 heteroatoms. The maximum absolute atomic E-state index is 13.4. The largest absolute Gasteiger partial charge is 0.505 e. The Morgan fingerprint density at radius 2 is 2.08 bits per heavy atom. The summed E-state index contributed by atoms with van der Waals surface area (Å²) in [6.45, 7) is 0.0577. The molecule has 4 N–H and O–H groups in total. The van der Waals surface area contributed by atoms with Crippen molar-refractivity contribution in [2.24, 2.45) is 10.7 Å². The van der Waals surface area contributed by atoms with Crippen LogP contribution in [0.1, 0.15) is 11.1 Å². The third-order valence-electron chi connectivity index (χ3n) is 5.10. The zero-order valence-electron chi connectivity index (χ0n) is 19.4. The number of nitrogens with zero attached hydrogens (tertiary/aromatic N) is 3. The summed E-state index contributed by atoms with van der Waals surface area (Å²) in [7, 11) is 1.58. The number of nitrogens with one attached hydrogen (secondary N) is 1. The number of thiophene rings is 1. The maximum atomic E-state index is 13.4. The van der Waals surface area contributed by atoms with E-state index in [0.29, 0.717) is 16.8 Å². The van der Waals surface area contributed by atoms with Gasteiger partial charge in [-0.05, 0) is 47.3 Å². The van der Waals surface area contributed by atoms with Crippen molar-refractivity contribution in [1.82, 2.24) is 9.78 Å². The van der Waals surface area contributed by atoms with Gasteiger partial charge in [0.2, 0.25) is 0 Å². The van der Waals surface area contributed by atoms with E-state index in [2.05, 4.69) is 14.8 Å². The number of aliphatic imine (C=N–C) groups is 1. The number of hydrogen-bond acceptors (Lipinski definition) is 8. The molecule has 0 spiro atoms. The van der Waals surface area contributed by atoms with E-state index in [1.807, 2.05) is 23.8 Å². The van der Waals surface area contributed by atoms with Crippen molar-refractivity contribution in [3.05, 3.63) is 86.6 Å². The van der Waals surface area contributed by atoms with Crippen molar-refractivity contribution in [3.8, 4) is 17.0 Å². The van der Waals surface area contributed by atoms with E-state index >= 15 is 0 Å². The zero-order valence-corrected chi connectivity index (χ0v) is 22.0. The van der Waals surface area contributed by atoms with Gasteiger partial charge in [-0.15, -0.1) is 0 Å². The molecule has 186 valence electrons. The average molecular weight is 544 g/mol. The fraction of sp³-hybridized carbons (Fsp3) is 0.125. The normalized spacial score (nSPS) is 11.9. The first kappa shape index (κ1) is 25.8. The fourth-order valence-electron chi connectivity index (χ4n) is 3.45. The van der Waals surface area contributed by atoms with Gasteiger partial charge in [-0.25, -0.2) is 14.1 Å². The lowest BCUT2D eigenvalue weighted by atomic mass is 10.1. The maximum Gasteiger partial charge on any atom is 0.281 e. The van der Waals surface area contributed by atoms with Crippen molar-refractivity contribution in [2.75, 3.05) is 18.1 Å². The van der Waals surface area contributed by atoms with Crippen LogP contribution in [-0.2, 0) is 11.1 Å². The summed E-state index contributed by atoms with van der Waals surface area (Å²) in [4.78, 5) is 17.9. The van der Waals surface area contributed by atoms with Gasteiger partial charge < -0.3 is 20.1 Å². The van der Waals surface area contributed by atoms with Crippen molar-refractivity contribution in [2.45, 2.75) is 6.54 Å². The van der Waals surface area contributed by atoms with Crippen LogP contribution >= 0.6 is 32.1 Å². The molecule has 0 bridgehead atoms. The minimum Gasteiger partial charge on any atom is -0.505 e. The minimum absolute atomic E-state index is 0.00364. The highest BCUT2D eigenvalue weighted by molar-refractivity contribution is 7.99. The summed E-state index contributed by atoms with van der Waals surface area (Å²) in [5.74, 6) is -0.893. The van der Waals surface area contributed by atoms with Gasteiger partial charge in [0.25, 0.3) is 5.56 Å². The first-order valence-corrected chi connectivity index (χ1v) is 13.7. The lowest BCUT2D eigenvalue weighted by molar-refractivity contribution is 0.464. The second-order valence-corrected chi connectivity index (χ2v) is 10.1. The molecule has 0 aliphatic carbocycles. The van der Waals surface area contributed by atoms with Crippen LogP contribution in [0, 0.1) is 5.82 Å². The third-order valence-corrected chi connectivity index (χ3v) is 7.04. The average Bonchev–Trinajstić information content (AvgIpc) is 3.39. The molecule has 1 atom stereocenters. The Balaban J connectivity index is 1.85. The molecule has 2 heterocycles. The number of nitrogens with two attached hydrogens (primary N) is 1. The summed E-state index contributed by atoms with van der Waals surface area (Å²) in [5.41, 5.74) is 8.43. The smallest absolute Gasteiger partial charge is 0.281 e. The van der Waals surface area contributed by atoms with Gasteiger partial charge in [-0.2, -0.15) is 16.4 Å². The lowest BCUT2D eigenvalue weighted by Crippen LogP contribution is -2.32. The van der Waals surface area contributed by atoms with Crippen molar-refractivity contribution < 1.29 is 14.0 Å². The predicted molar refractivity (Wildman–Crippen MR) is 148 cm³/mol. The van der Waals surface area contributed by atoms with Gasteiger partial charge in [-0.1, -0.05) is 24.1 Å². The Bertz CT molecular complexity index is 1440. The molecule has 2 aromatic carbocycles. The van der Waals surface area contributed by atoms with Crippen LogP contribution in [0.3, 0.4) is 0 Å². The molecule has 0 fully saturated rings. The number of aromatic nitrogens is 2. The molecule has 4 rings (SSSR count). The summed E-state index contributed by atoms with van der Waals surface area (Å²) in [5, 5.41) is 19.9. The van der Waals surface area contributed by atoms with Crippen LogP contribution in [0.25, 0.3) is 11.3 Å². The number of hydrogen-bond donors (Lipinski definition) is 3. The van der Waals surface area contributed by atoms with Crippen LogP contribution in [0.5, 0.6) is 5.75 Å². The predicted octanol–water partition coefficient (Wildman–Crippen LogP) is 4.46. The van der Waals surface area contributed by atoms with Gasteiger partial charge in [0, 0.05) is 44.1 Å². The van der Waals surface area contributed by atoms with Crippen LogP contribution in [0.15, 0.2) is 69.1 Å². The molecule has 4 aromatic rings. The van der Waals surface area contributed by atoms with E-state index < -0.39 is 5.56 Å². The fourth-order valence-corrected chi connectivity index (χ4v) is 5.13. The molecular formula is C24H23FN5O3PS2. The number of aromatic hydroxyl groups is 1. The van der Waals surface area contributed by atoms with Gasteiger partial charge in [0.1, 0.15) is 22.9 Å². The Morgan fingerprint density at radius 1 is 1.31 bits per heavy atom. The van der Waals surface area contributed by atoms with Crippen molar-refractivity contribution in [3.63, 3.8) is 0 Å². The molecule has 0 saturated heterocycles. The van der Waals surface area contributed by atoms with Crippen LogP contribution in [-0.4, -0.2) is 34.1 Å². The molecule has 8 nitrogen and oxygen atoms in total. The van der Waals surface area contributed by atoms with Crippen molar-refractivity contribution in [1.29, 1.82) is 0 Å². The molecule has 0 aliphatic rings. The molecule has 1 unspecified atom stereocenters. The number of rotatable bonds is 9. The van der Waals surface area contributed by atoms with E-state index in [-0.39, 0.29) is 44.0 Å². The SMILES string of the molecule is COPc1cc(NSC)ccc1N=C(N)c1c(O)c(-c2ccsc2)nn(Cc2ccc(F)cc2)c1=O. The second-order valence-electron chi connectivity index (χ2n) is 7.51. The van der Waals surface area contributed by atoms with Gasteiger partial charge in [0.05, 0.1) is 12.2 Å². The first-order valence-electron chi connectivity index (χ1n) is 10.6. The lowest BCUT2D eigenvalue weighted by Gasteiger charge is -2.14. The van der Waals surface area contributed by atoms with E-state index in [4.69, 9.17) is 10.3 Å². The van der Waals surface area contributed by atoms with E-state index in [0.717, 1.165) is 11.0 Å². The Morgan fingerprint density at radius 3 is 2.75 bits per heavy atom. The van der Waals surface area contributed by atoms with Crippen LogP contribution in [0.2, 0.25) is 0 Å². The summed E-state index contributed by atoms with van der Waals surface area (Å²) in [6, 6.07) is 13.0. The summed E-state index contributed by atoms with van der Waals surface area (Å²) >= 11 is 2.88. The topological polar surface area (TPSA) is 115 Å². The van der Waals surface area contributed by atoms with E-state index in [1.165, 1.54) is 40.1 Å². The monoisotopic (exact) mass is 543 g/mol. The van der Waals surface area contributed by atoms with Crippen LogP contribution in [0.4, 0.5) is 15.8 Å². The van der Waals surface area contributed by atoms with E-state index in [9.17, 15) is 14.3 Å². The minimum atomic E-state index is -0.617. The van der Waals surface area contributed by atoms with Gasteiger partial charge >= 0.3 is 0 Å². The van der Waals surface area contributed by atoms with Gasteiger partial charge in [-0.3, -0.25) is 4.79 Å². The zero-order chi connectivity index (χ0) is 25.7. The van der Waals surface area contributed by atoms with Crippen LogP contribution < -0.4 is 21.3 Å². The molecule has 36 heavy (non-hydrogen) atoms. The standard InChI is InChI=1S/C24H23FN5O3PS2/c1-33-34-19-11-17(29-35-2)7-8-18(19)27-23(26)20-22(31)21(15-9-10-36-13-15)28-30(24(20)32)12-14-3-5-16(25)6-4-14/h3-11,13,29,31,34H,12H2,1-2H3,(H2,26,27). The highest BCUT2D eigenvalue weighted by atomic mass is 32.2. The molecule has 0 saturated carbocycles. The molecular weight excluding hydrogens is 520 g/mol. The molecule has 2 aromatic heterocycles. The van der Waals surface area contributed by atoms with E-state index in [1.54, 1.807) is 36.8 Å². The highest BCUT2D eigenvalue weighted by Crippen LogP contribution is 2.31. The van der Waals surface area contributed by atoms with Gasteiger partial charge in [0.15, 0.2) is 5.75 Å². The molecule has 0 amide bonds. The molecule has 0 aliphatic heterocycles. The number of benzene rings is 2.